The SMILES string of the molecule is COCN(C(=O)OC(C)(C)C)[C@@](C)(Cc1ccc(F)cc1)C(=O)OCCCCOC(=O)[C@](C)(Cc1ccc(F)cc1)N(COC)C(=O)OC(C)(C)C. The van der Waals surface area contributed by atoms with E-state index in [1.54, 1.807) is 41.5 Å². The quantitative estimate of drug-likeness (QED) is 0.0739. The molecule has 2 amide bonds. The summed E-state index contributed by atoms with van der Waals surface area (Å²) >= 11 is 0. The molecule has 14 heteroatoms. The van der Waals surface area contributed by atoms with Gasteiger partial charge in [0.1, 0.15) is 47.4 Å². The number of hydrogen-bond donors (Lipinski definition) is 0. The summed E-state index contributed by atoms with van der Waals surface area (Å²) in [6.45, 7) is 12.4. The van der Waals surface area contributed by atoms with Crippen LogP contribution in [0.1, 0.15) is 79.4 Å². The van der Waals surface area contributed by atoms with E-state index in [1.165, 1.54) is 76.6 Å². The van der Waals surface area contributed by atoms with Crippen LogP contribution in [0, 0.1) is 11.6 Å². The summed E-state index contributed by atoms with van der Waals surface area (Å²) in [5.74, 6) is -2.42. The molecular weight excluding hydrogens is 682 g/mol. The minimum atomic E-state index is -1.61. The molecule has 0 N–H and O–H groups in total. The summed E-state index contributed by atoms with van der Waals surface area (Å²) in [7, 11) is 2.74. The maximum atomic E-state index is 13.7. The van der Waals surface area contributed by atoms with Crippen molar-refractivity contribution in [1.29, 1.82) is 0 Å². The molecular formula is C38H54F2N2O10. The van der Waals surface area contributed by atoms with Crippen LogP contribution in [0.15, 0.2) is 48.5 Å². The molecule has 2 rings (SSSR count). The standard InChI is InChI=1S/C38H54F2N2O10/c1-35(2,3)51-33(45)41(25-47-9)37(7,23-27-13-17-29(39)18-14-27)31(43)49-21-11-12-22-50-32(44)38(8,24-28-15-19-30(40)20-16-28)42(26-48-10)34(46)52-36(4,5)6/h13-20H,11-12,21-26H2,1-10H3/t37-,38-/m0/s1. The Morgan fingerprint density at radius 3 is 1.13 bits per heavy atom. The first-order chi connectivity index (χ1) is 24.1. The number of rotatable bonds is 17. The number of nitrogens with zero attached hydrogens (tertiary/aromatic N) is 2. The van der Waals surface area contributed by atoms with E-state index in [-0.39, 0.29) is 52.4 Å². The molecule has 12 nitrogen and oxygen atoms in total. The van der Waals surface area contributed by atoms with Crippen molar-refractivity contribution in [1.82, 2.24) is 9.80 Å². The molecule has 52 heavy (non-hydrogen) atoms. The summed E-state index contributed by atoms with van der Waals surface area (Å²) in [5, 5.41) is 0. The average molecular weight is 737 g/mol. The fraction of sp³-hybridized carbons (Fsp3) is 0.579. The number of benzene rings is 2. The molecule has 0 aliphatic rings. The van der Waals surface area contributed by atoms with E-state index < -0.39 is 58.0 Å². The third-order valence-corrected chi connectivity index (χ3v) is 7.74. The number of ether oxygens (including phenoxy) is 6. The van der Waals surface area contributed by atoms with E-state index in [9.17, 15) is 28.0 Å². The number of amides is 2. The van der Waals surface area contributed by atoms with Gasteiger partial charge >= 0.3 is 24.1 Å². The zero-order chi connectivity index (χ0) is 39.3. The topological polar surface area (TPSA) is 130 Å². The first-order valence-electron chi connectivity index (χ1n) is 17.0. The molecule has 0 unspecified atom stereocenters. The predicted octanol–water partition coefficient (Wildman–Crippen LogP) is 6.82. The highest BCUT2D eigenvalue weighted by atomic mass is 19.1. The Kier molecular flexibility index (Phi) is 16.0. The van der Waals surface area contributed by atoms with Crippen molar-refractivity contribution in [3.63, 3.8) is 0 Å². The molecule has 0 spiro atoms. The Morgan fingerprint density at radius 1 is 0.558 bits per heavy atom. The van der Waals surface area contributed by atoms with E-state index >= 15 is 0 Å². The summed E-state index contributed by atoms with van der Waals surface area (Å²) < 4.78 is 60.3. The first kappa shape index (κ1) is 43.9. The van der Waals surface area contributed by atoms with E-state index in [0.29, 0.717) is 11.1 Å². The van der Waals surface area contributed by atoms with Crippen molar-refractivity contribution in [3.8, 4) is 0 Å². The number of esters is 2. The maximum absolute atomic E-state index is 13.7. The normalized spacial score (nSPS) is 14.0. The lowest BCUT2D eigenvalue weighted by molar-refractivity contribution is -0.162. The Labute approximate surface area is 305 Å². The summed E-state index contributed by atoms with van der Waals surface area (Å²) in [5.41, 5.74) is -3.84. The smallest absolute Gasteiger partial charge is 0.413 e. The van der Waals surface area contributed by atoms with Gasteiger partial charge < -0.3 is 28.4 Å². The third kappa shape index (κ3) is 13.4. The second-order valence-corrected chi connectivity index (χ2v) is 14.8. The Hall–Kier alpha value is -4.30. The highest BCUT2D eigenvalue weighted by Crippen LogP contribution is 2.28. The zero-order valence-electron chi connectivity index (χ0n) is 32.0. The van der Waals surface area contributed by atoms with Crippen molar-refractivity contribution in [2.45, 2.75) is 103 Å². The Balaban J connectivity index is 2.19. The largest absolute Gasteiger partial charge is 0.464 e. The summed E-state index contributed by atoms with van der Waals surface area (Å²) in [6, 6.07) is 11.1. The molecule has 0 aromatic heterocycles. The van der Waals surface area contributed by atoms with Gasteiger partial charge in [0.25, 0.3) is 0 Å². The average Bonchev–Trinajstić information content (AvgIpc) is 3.04. The maximum Gasteiger partial charge on any atom is 0.413 e. The number of halogens is 2. The number of carbonyl (C=O) groups excluding carboxylic acids is 4. The van der Waals surface area contributed by atoms with Gasteiger partial charge in [0, 0.05) is 27.1 Å². The molecule has 0 saturated heterocycles. The second-order valence-electron chi connectivity index (χ2n) is 14.8. The van der Waals surface area contributed by atoms with Gasteiger partial charge in [-0.25, -0.2) is 28.0 Å². The van der Waals surface area contributed by atoms with Crippen LogP contribution in [0.4, 0.5) is 18.4 Å². The van der Waals surface area contributed by atoms with Crippen molar-refractivity contribution < 1.29 is 56.4 Å². The van der Waals surface area contributed by atoms with Crippen LogP contribution in [-0.2, 0) is 50.9 Å². The second kappa shape index (κ2) is 19.0. The highest BCUT2D eigenvalue weighted by Gasteiger charge is 2.47. The van der Waals surface area contributed by atoms with Crippen molar-refractivity contribution in [2.24, 2.45) is 0 Å². The van der Waals surface area contributed by atoms with Crippen LogP contribution >= 0.6 is 0 Å². The molecule has 0 aliphatic carbocycles. The number of unbranched alkanes of at least 4 members (excludes halogenated alkanes) is 1. The van der Waals surface area contributed by atoms with Gasteiger partial charge in [-0.2, -0.15) is 0 Å². The van der Waals surface area contributed by atoms with Crippen LogP contribution in [0.5, 0.6) is 0 Å². The molecule has 2 atom stereocenters. The molecule has 0 radical (unpaired) electrons. The van der Waals surface area contributed by atoms with Gasteiger partial charge in [0.2, 0.25) is 0 Å². The van der Waals surface area contributed by atoms with Crippen molar-refractivity contribution >= 4 is 24.1 Å². The van der Waals surface area contributed by atoms with Gasteiger partial charge in [0.05, 0.1) is 13.2 Å². The summed E-state index contributed by atoms with van der Waals surface area (Å²) in [4.78, 5) is 56.3. The van der Waals surface area contributed by atoms with Gasteiger partial charge in [-0.3, -0.25) is 9.80 Å². The highest BCUT2D eigenvalue weighted by molar-refractivity contribution is 5.86. The fourth-order valence-electron chi connectivity index (χ4n) is 5.09. The van der Waals surface area contributed by atoms with Crippen molar-refractivity contribution in [3.05, 3.63) is 71.3 Å². The van der Waals surface area contributed by atoms with E-state index in [1.807, 2.05) is 0 Å². The first-order valence-corrected chi connectivity index (χ1v) is 17.0. The van der Waals surface area contributed by atoms with Gasteiger partial charge in [-0.05, 0) is 104 Å². The number of methoxy groups -OCH3 is 2. The van der Waals surface area contributed by atoms with Crippen LogP contribution in [0.3, 0.4) is 0 Å². The van der Waals surface area contributed by atoms with Crippen LogP contribution in [0.2, 0.25) is 0 Å². The van der Waals surface area contributed by atoms with E-state index in [0.717, 1.165) is 9.80 Å². The van der Waals surface area contributed by atoms with E-state index in [4.69, 9.17) is 28.4 Å². The monoisotopic (exact) mass is 736 g/mol. The molecule has 0 bridgehead atoms. The van der Waals surface area contributed by atoms with Gasteiger partial charge in [0.15, 0.2) is 0 Å². The molecule has 2 aromatic rings. The summed E-state index contributed by atoms with van der Waals surface area (Å²) in [6.07, 6.45) is -1.14. The molecule has 2 aromatic carbocycles. The van der Waals surface area contributed by atoms with Crippen molar-refractivity contribution in [2.75, 3.05) is 40.9 Å². The Morgan fingerprint density at radius 2 is 0.865 bits per heavy atom. The minimum Gasteiger partial charge on any atom is -0.464 e. The van der Waals surface area contributed by atoms with Crippen LogP contribution in [0.25, 0.3) is 0 Å². The number of hydrogen-bond acceptors (Lipinski definition) is 10. The van der Waals surface area contributed by atoms with Crippen LogP contribution in [-0.4, -0.2) is 97.1 Å². The lowest BCUT2D eigenvalue weighted by Gasteiger charge is -2.39. The van der Waals surface area contributed by atoms with Crippen LogP contribution < -0.4 is 0 Å². The number of carbonyl (C=O) groups is 4. The Bertz CT molecular complexity index is 1360. The van der Waals surface area contributed by atoms with Gasteiger partial charge in [-0.1, -0.05) is 24.3 Å². The lowest BCUT2D eigenvalue weighted by Crippen LogP contribution is -2.58. The van der Waals surface area contributed by atoms with Gasteiger partial charge in [-0.15, -0.1) is 0 Å². The minimum absolute atomic E-state index is 0.0331. The third-order valence-electron chi connectivity index (χ3n) is 7.74. The molecule has 290 valence electrons. The molecule has 0 fully saturated rings. The molecule has 0 heterocycles. The van der Waals surface area contributed by atoms with E-state index in [2.05, 4.69) is 0 Å². The molecule has 0 saturated carbocycles. The molecule has 0 aliphatic heterocycles. The fourth-order valence-corrected chi connectivity index (χ4v) is 5.09. The predicted molar refractivity (Wildman–Crippen MR) is 188 cm³/mol. The zero-order valence-corrected chi connectivity index (χ0v) is 32.0. The lowest BCUT2D eigenvalue weighted by atomic mass is 9.91.